The number of methoxy groups -OCH3 is 1. The zero-order chi connectivity index (χ0) is 19.6. The molecule has 146 valence electrons. The van der Waals surface area contributed by atoms with Gasteiger partial charge < -0.3 is 14.2 Å². The summed E-state index contributed by atoms with van der Waals surface area (Å²) < 4.78 is 47.9. The van der Waals surface area contributed by atoms with Gasteiger partial charge in [-0.3, -0.25) is 0 Å². The molecule has 0 saturated heterocycles. The molecule has 0 bridgehead atoms. The van der Waals surface area contributed by atoms with Crippen molar-refractivity contribution in [3.8, 4) is 5.75 Å². The highest BCUT2D eigenvalue weighted by Crippen LogP contribution is 2.38. The molecule has 0 fully saturated rings. The highest BCUT2D eigenvalue weighted by molar-refractivity contribution is 6.09. The summed E-state index contributed by atoms with van der Waals surface area (Å²) in [5.74, 6) is 0.622. The van der Waals surface area contributed by atoms with Gasteiger partial charge in [-0.2, -0.15) is 13.2 Å². The predicted molar refractivity (Wildman–Crippen MR) is 101 cm³/mol. The summed E-state index contributed by atoms with van der Waals surface area (Å²) in [5, 5.41) is 1.35. The Morgan fingerprint density at radius 3 is 2.48 bits per heavy atom. The molecule has 0 atom stereocenters. The quantitative estimate of drug-likeness (QED) is 0.582. The molecular weight excluding hydrogens is 355 g/mol. The van der Waals surface area contributed by atoms with Gasteiger partial charge in [0, 0.05) is 29.6 Å². The van der Waals surface area contributed by atoms with Crippen LogP contribution < -0.4 is 4.74 Å². The molecule has 27 heavy (non-hydrogen) atoms. The van der Waals surface area contributed by atoms with E-state index in [0.29, 0.717) is 17.7 Å². The van der Waals surface area contributed by atoms with Gasteiger partial charge in [-0.15, -0.1) is 0 Å². The number of pyridine rings is 1. The Balaban J connectivity index is 2.16. The van der Waals surface area contributed by atoms with Crippen LogP contribution in [0.2, 0.25) is 0 Å². The number of alkyl halides is 3. The Labute approximate surface area is 156 Å². The summed E-state index contributed by atoms with van der Waals surface area (Å²) in [6.07, 6.45) is -2.52. The van der Waals surface area contributed by atoms with E-state index in [-0.39, 0.29) is 5.52 Å². The summed E-state index contributed by atoms with van der Waals surface area (Å²) in [5.41, 5.74) is 0.0493. The number of rotatable bonds is 7. The Morgan fingerprint density at radius 1 is 1.11 bits per heavy atom. The molecule has 0 aliphatic carbocycles. The Kier molecular flexibility index (Phi) is 5.60. The van der Waals surface area contributed by atoms with Gasteiger partial charge in [-0.1, -0.05) is 13.8 Å². The van der Waals surface area contributed by atoms with Crippen LogP contribution in [-0.4, -0.2) is 41.2 Å². The minimum absolute atomic E-state index is 0.146. The zero-order valence-corrected chi connectivity index (χ0v) is 15.8. The molecule has 0 saturated carbocycles. The third-order valence-corrected chi connectivity index (χ3v) is 5.00. The number of aromatic nitrogens is 2. The summed E-state index contributed by atoms with van der Waals surface area (Å²) in [6.45, 7) is 7.33. The first-order valence-electron chi connectivity index (χ1n) is 9.15. The van der Waals surface area contributed by atoms with Crippen LogP contribution in [0.5, 0.6) is 5.75 Å². The number of aryl methyl sites for hydroxylation is 1. The monoisotopic (exact) mass is 379 g/mol. The summed E-state index contributed by atoms with van der Waals surface area (Å²) in [6, 6.07) is 7.04. The molecule has 0 N–H and O–H groups in total. The van der Waals surface area contributed by atoms with Gasteiger partial charge in [0.2, 0.25) is 0 Å². The van der Waals surface area contributed by atoms with E-state index in [9.17, 15) is 13.2 Å². The molecule has 4 nitrogen and oxygen atoms in total. The SMILES string of the molecule is CCN(CC)CCCn1c2cc(OC)ccc2c2ccnc(C(F)(F)F)c21. The molecule has 3 rings (SSSR count). The fourth-order valence-electron chi connectivity index (χ4n) is 3.59. The van der Waals surface area contributed by atoms with E-state index < -0.39 is 11.9 Å². The smallest absolute Gasteiger partial charge is 0.435 e. The van der Waals surface area contributed by atoms with Crippen molar-refractivity contribution < 1.29 is 17.9 Å². The van der Waals surface area contributed by atoms with E-state index >= 15 is 0 Å². The summed E-state index contributed by atoms with van der Waals surface area (Å²) in [4.78, 5) is 5.93. The minimum atomic E-state index is -4.51. The van der Waals surface area contributed by atoms with Crippen molar-refractivity contribution in [1.82, 2.24) is 14.5 Å². The van der Waals surface area contributed by atoms with Crippen LogP contribution in [0.1, 0.15) is 26.0 Å². The van der Waals surface area contributed by atoms with Crippen molar-refractivity contribution >= 4 is 21.8 Å². The van der Waals surface area contributed by atoms with Gasteiger partial charge in [0.25, 0.3) is 0 Å². The van der Waals surface area contributed by atoms with Gasteiger partial charge in [0.1, 0.15) is 5.75 Å². The standard InChI is InChI=1S/C20H24F3N3O/c1-4-25(5-2)11-6-12-26-17-13-14(27-3)7-8-15(17)16-9-10-24-19(18(16)26)20(21,22)23/h7-10,13H,4-6,11-12H2,1-3H3. The Morgan fingerprint density at radius 2 is 1.85 bits per heavy atom. The number of hydrogen-bond donors (Lipinski definition) is 0. The normalized spacial score (nSPS) is 12.4. The number of fused-ring (bicyclic) bond motifs is 3. The molecular formula is C20H24F3N3O. The largest absolute Gasteiger partial charge is 0.497 e. The van der Waals surface area contributed by atoms with Crippen LogP contribution in [0.4, 0.5) is 13.2 Å². The van der Waals surface area contributed by atoms with Gasteiger partial charge in [0.15, 0.2) is 5.69 Å². The average Bonchev–Trinajstić information content (AvgIpc) is 2.97. The molecule has 0 spiro atoms. The van der Waals surface area contributed by atoms with Crippen LogP contribution in [-0.2, 0) is 12.7 Å². The van der Waals surface area contributed by atoms with Crippen molar-refractivity contribution in [2.45, 2.75) is 33.0 Å². The van der Waals surface area contributed by atoms with Crippen molar-refractivity contribution in [3.05, 3.63) is 36.2 Å². The van der Waals surface area contributed by atoms with E-state index in [4.69, 9.17) is 4.74 Å². The van der Waals surface area contributed by atoms with Crippen LogP contribution >= 0.6 is 0 Å². The Bertz CT molecular complexity index is 929. The van der Waals surface area contributed by atoms with E-state index in [1.165, 1.54) is 6.20 Å². The second-order valence-corrected chi connectivity index (χ2v) is 6.47. The lowest BCUT2D eigenvalue weighted by Crippen LogP contribution is -2.25. The number of benzene rings is 1. The van der Waals surface area contributed by atoms with Crippen LogP contribution in [0, 0.1) is 0 Å². The minimum Gasteiger partial charge on any atom is -0.497 e. The van der Waals surface area contributed by atoms with Crippen molar-refractivity contribution in [2.75, 3.05) is 26.7 Å². The molecule has 2 aromatic heterocycles. The Hall–Kier alpha value is -2.28. The maximum atomic E-state index is 13.6. The first-order valence-corrected chi connectivity index (χ1v) is 9.15. The fourth-order valence-corrected chi connectivity index (χ4v) is 3.59. The molecule has 3 aromatic rings. The molecule has 0 aliphatic heterocycles. The van der Waals surface area contributed by atoms with Gasteiger partial charge in [-0.25, -0.2) is 4.98 Å². The van der Waals surface area contributed by atoms with Crippen LogP contribution in [0.15, 0.2) is 30.5 Å². The van der Waals surface area contributed by atoms with Crippen molar-refractivity contribution in [3.63, 3.8) is 0 Å². The molecule has 0 aliphatic rings. The molecule has 7 heteroatoms. The predicted octanol–water partition coefficient (Wildman–Crippen LogP) is 4.95. The summed E-state index contributed by atoms with van der Waals surface area (Å²) >= 11 is 0. The van der Waals surface area contributed by atoms with E-state index in [0.717, 1.165) is 37.0 Å². The van der Waals surface area contributed by atoms with Gasteiger partial charge in [0.05, 0.1) is 18.1 Å². The lowest BCUT2D eigenvalue weighted by molar-refractivity contribution is -0.140. The average molecular weight is 379 g/mol. The van der Waals surface area contributed by atoms with Crippen LogP contribution in [0.25, 0.3) is 21.8 Å². The summed E-state index contributed by atoms with van der Waals surface area (Å²) in [7, 11) is 1.55. The van der Waals surface area contributed by atoms with E-state index in [2.05, 4.69) is 23.7 Å². The maximum absolute atomic E-state index is 13.6. The topological polar surface area (TPSA) is 30.3 Å². The highest BCUT2D eigenvalue weighted by Gasteiger charge is 2.36. The van der Waals surface area contributed by atoms with Crippen molar-refractivity contribution in [1.29, 1.82) is 0 Å². The molecule has 2 heterocycles. The van der Waals surface area contributed by atoms with Crippen molar-refractivity contribution in [2.24, 2.45) is 0 Å². The first-order chi connectivity index (χ1) is 12.9. The first kappa shape index (κ1) is 19.5. The number of halogens is 3. The second kappa shape index (κ2) is 7.76. The van der Waals surface area contributed by atoms with Gasteiger partial charge >= 0.3 is 6.18 Å². The van der Waals surface area contributed by atoms with Gasteiger partial charge in [-0.05, 0) is 44.3 Å². The molecule has 0 amide bonds. The molecule has 0 unspecified atom stereocenters. The molecule has 0 radical (unpaired) electrons. The fraction of sp³-hybridized carbons (Fsp3) is 0.450. The number of ether oxygens (including phenoxy) is 1. The maximum Gasteiger partial charge on any atom is 0.435 e. The van der Waals surface area contributed by atoms with E-state index in [1.807, 2.05) is 6.07 Å². The highest BCUT2D eigenvalue weighted by atomic mass is 19.4. The third kappa shape index (κ3) is 3.74. The lowest BCUT2D eigenvalue weighted by atomic mass is 10.1. The zero-order valence-electron chi connectivity index (χ0n) is 15.8. The third-order valence-electron chi connectivity index (χ3n) is 5.00. The van der Waals surface area contributed by atoms with Crippen LogP contribution in [0.3, 0.4) is 0 Å². The van der Waals surface area contributed by atoms with E-state index in [1.54, 1.807) is 29.9 Å². The number of hydrogen-bond acceptors (Lipinski definition) is 3. The number of nitrogens with zero attached hydrogens (tertiary/aromatic N) is 3. The second-order valence-electron chi connectivity index (χ2n) is 6.47. The molecule has 1 aromatic carbocycles. The lowest BCUT2D eigenvalue weighted by Gasteiger charge is -2.18.